The highest BCUT2D eigenvalue weighted by atomic mass is 79.9. The summed E-state index contributed by atoms with van der Waals surface area (Å²) < 4.78 is 4.48. The van der Waals surface area contributed by atoms with Gasteiger partial charge in [0.2, 0.25) is 0 Å². The van der Waals surface area contributed by atoms with Gasteiger partial charge in [-0.05, 0) is 60.7 Å². The van der Waals surface area contributed by atoms with Gasteiger partial charge in [0.05, 0.1) is 16.7 Å². The molecule has 0 aliphatic carbocycles. The van der Waals surface area contributed by atoms with Crippen LogP contribution in [0.25, 0.3) is 38.8 Å². The van der Waals surface area contributed by atoms with Crippen molar-refractivity contribution in [3.63, 3.8) is 0 Å². The summed E-state index contributed by atoms with van der Waals surface area (Å²) in [5.41, 5.74) is 5.58. The first kappa shape index (κ1) is 16.7. The third-order valence-electron chi connectivity index (χ3n) is 4.75. The van der Waals surface area contributed by atoms with Crippen LogP contribution in [-0.2, 0) is 0 Å². The summed E-state index contributed by atoms with van der Waals surface area (Å²) >= 11 is 7.23. The summed E-state index contributed by atoms with van der Waals surface area (Å²) in [7, 11) is 0. The monoisotopic (exact) mass is 476 g/mol. The van der Waals surface area contributed by atoms with Gasteiger partial charge in [0.15, 0.2) is 0 Å². The van der Waals surface area contributed by atoms with Gasteiger partial charge < -0.3 is 4.57 Å². The lowest BCUT2D eigenvalue weighted by Crippen LogP contribution is -1.94. The van der Waals surface area contributed by atoms with Gasteiger partial charge in [0.25, 0.3) is 0 Å². The van der Waals surface area contributed by atoms with Crippen LogP contribution in [0.3, 0.4) is 0 Å². The number of fused-ring (bicyclic) bond motifs is 3. The normalized spacial score (nSPS) is 11.3. The van der Waals surface area contributed by atoms with Crippen LogP contribution in [0.5, 0.6) is 0 Å². The molecule has 0 aliphatic rings. The fourth-order valence-corrected chi connectivity index (χ4v) is 4.31. The summed E-state index contributed by atoms with van der Waals surface area (Å²) in [6.45, 7) is 0. The molecule has 0 aliphatic heterocycles. The molecule has 0 unspecified atom stereocenters. The largest absolute Gasteiger partial charge is 0.309 e. The minimum atomic E-state index is 0.977. The van der Waals surface area contributed by atoms with Gasteiger partial charge >= 0.3 is 0 Å². The molecule has 0 radical (unpaired) electrons. The van der Waals surface area contributed by atoms with E-state index in [-0.39, 0.29) is 0 Å². The highest BCUT2D eigenvalue weighted by molar-refractivity contribution is 9.10. The Kier molecular flexibility index (Phi) is 4.10. The number of rotatable bonds is 2. The maximum atomic E-state index is 4.50. The summed E-state index contributed by atoms with van der Waals surface area (Å²) in [6.07, 6.45) is 1.83. The van der Waals surface area contributed by atoms with E-state index in [1.165, 1.54) is 21.8 Å². The second-order valence-electron chi connectivity index (χ2n) is 6.42. The fraction of sp³-hybridized carbons (Fsp3) is 0. The van der Waals surface area contributed by atoms with E-state index in [9.17, 15) is 0 Å². The lowest BCUT2D eigenvalue weighted by atomic mass is 10.1. The molecule has 5 rings (SSSR count). The summed E-state index contributed by atoms with van der Waals surface area (Å²) in [4.78, 5) is 4.50. The SMILES string of the molecule is Brc1ccc2c(c1)c1cc(Br)ccc1n2-c1cccc(-c2ccccn2)c1. The average Bonchev–Trinajstić information content (AvgIpc) is 3.02. The maximum Gasteiger partial charge on any atom is 0.0702 e. The highest BCUT2D eigenvalue weighted by Crippen LogP contribution is 2.35. The topological polar surface area (TPSA) is 17.8 Å². The zero-order valence-electron chi connectivity index (χ0n) is 14.2. The number of aromatic nitrogens is 2. The Labute approximate surface area is 173 Å². The summed E-state index contributed by atoms with van der Waals surface area (Å²) in [6, 6.07) is 27.4. The Hall–Kier alpha value is -2.43. The van der Waals surface area contributed by atoms with Crippen LogP contribution < -0.4 is 0 Å². The van der Waals surface area contributed by atoms with Crippen molar-refractivity contribution in [2.24, 2.45) is 0 Å². The zero-order chi connectivity index (χ0) is 18.4. The van der Waals surface area contributed by atoms with Crippen molar-refractivity contribution < 1.29 is 0 Å². The molecule has 0 N–H and O–H groups in total. The van der Waals surface area contributed by atoms with Crippen LogP contribution in [-0.4, -0.2) is 9.55 Å². The Balaban J connectivity index is 1.83. The van der Waals surface area contributed by atoms with Crippen LogP contribution in [0, 0.1) is 0 Å². The van der Waals surface area contributed by atoms with Crippen molar-refractivity contribution in [1.82, 2.24) is 9.55 Å². The van der Waals surface area contributed by atoms with E-state index in [0.29, 0.717) is 0 Å². The molecule has 0 saturated heterocycles. The minimum absolute atomic E-state index is 0.977. The standard InChI is InChI=1S/C23H14Br2N2/c24-16-7-9-22-19(13-16)20-14-17(25)8-10-23(20)27(22)18-5-3-4-15(12-18)21-6-1-2-11-26-21/h1-14H. The Morgan fingerprint density at radius 2 is 1.37 bits per heavy atom. The predicted molar refractivity (Wildman–Crippen MR) is 119 cm³/mol. The number of benzene rings is 3. The van der Waals surface area contributed by atoms with Gasteiger partial charge in [-0.25, -0.2) is 0 Å². The van der Waals surface area contributed by atoms with Crippen LogP contribution in [0.4, 0.5) is 0 Å². The van der Waals surface area contributed by atoms with Gasteiger partial charge in [0, 0.05) is 37.2 Å². The van der Waals surface area contributed by atoms with Crippen molar-refractivity contribution in [1.29, 1.82) is 0 Å². The first-order valence-corrected chi connectivity index (χ1v) is 10.2. The fourth-order valence-electron chi connectivity index (χ4n) is 3.58. The lowest BCUT2D eigenvalue weighted by Gasteiger charge is -2.10. The molecular weight excluding hydrogens is 464 g/mol. The number of pyridine rings is 1. The number of hydrogen-bond acceptors (Lipinski definition) is 1. The van der Waals surface area contributed by atoms with Crippen molar-refractivity contribution in [2.75, 3.05) is 0 Å². The van der Waals surface area contributed by atoms with E-state index in [2.05, 4.69) is 102 Å². The van der Waals surface area contributed by atoms with Crippen molar-refractivity contribution in [2.45, 2.75) is 0 Å². The molecule has 2 heterocycles. The Morgan fingerprint density at radius 1 is 0.667 bits per heavy atom. The lowest BCUT2D eigenvalue weighted by molar-refractivity contribution is 1.18. The van der Waals surface area contributed by atoms with Gasteiger partial charge in [-0.2, -0.15) is 0 Å². The summed E-state index contributed by atoms with van der Waals surface area (Å²) in [5.74, 6) is 0. The summed E-state index contributed by atoms with van der Waals surface area (Å²) in [5, 5.41) is 2.45. The highest BCUT2D eigenvalue weighted by Gasteiger charge is 2.13. The van der Waals surface area contributed by atoms with E-state index in [4.69, 9.17) is 0 Å². The van der Waals surface area contributed by atoms with Crippen LogP contribution >= 0.6 is 31.9 Å². The second-order valence-corrected chi connectivity index (χ2v) is 8.26. The third-order valence-corrected chi connectivity index (χ3v) is 5.74. The van der Waals surface area contributed by atoms with E-state index < -0.39 is 0 Å². The number of halogens is 2. The Bertz CT molecular complexity index is 1230. The molecule has 5 aromatic rings. The Morgan fingerprint density at radius 3 is 2.00 bits per heavy atom. The molecule has 2 nitrogen and oxygen atoms in total. The first-order chi connectivity index (χ1) is 13.2. The van der Waals surface area contributed by atoms with Crippen LogP contribution in [0.1, 0.15) is 0 Å². The smallest absolute Gasteiger partial charge is 0.0702 e. The predicted octanol–water partition coefficient (Wildman–Crippen LogP) is 7.37. The van der Waals surface area contributed by atoms with Crippen LogP contribution in [0.2, 0.25) is 0 Å². The molecule has 0 spiro atoms. The maximum absolute atomic E-state index is 4.50. The number of nitrogens with zero attached hydrogens (tertiary/aromatic N) is 2. The molecule has 3 aromatic carbocycles. The number of hydrogen-bond donors (Lipinski definition) is 0. The van der Waals surface area contributed by atoms with Gasteiger partial charge in [-0.15, -0.1) is 0 Å². The molecule has 2 aromatic heterocycles. The van der Waals surface area contributed by atoms with E-state index in [0.717, 1.165) is 25.9 Å². The molecular formula is C23H14Br2N2. The zero-order valence-corrected chi connectivity index (χ0v) is 17.4. The molecule has 0 fully saturated rings. The molecule has 0 atom stereocenters. The second kappa shape index (κ2) is 6.63. The van der Waals surface area contributed by atoms with E-state index in [1.807, 2.05) is 24.4 Å². The van der Waals surface area contributed by atoms with Gasteiger partial charge in [-0.1, -0.05) is 50.1 Å². The third kappa shape index (κ3) is 2.89. The molecule has 4 heteroatoms. The van der Waals surface area contributed by atoms with E-state index in [1.54, 1.807) is 0 Å². The van der Waals surface area contributed by atoms with Crippen molar-refractivity contribution in [3.05, 3.63) is 94.0 Å². The van der Waals surface area contributed by atoms with Crippen LogP contribution in [0.15, 0.2) is 94.0 Å². The first-order valence-electron chi connectivity index (χ1n) is 8.62. The molecule has 0 saturated carbocycles. The molecule has 0 amide bonds. The van der Waals surface area contributed by atoms with E-state index >= 15 is 0 Å². The van der Waals surface area contributed by atoms with Gasteiger partial charge in [-0.3, -0.25) is 4.98 Å². The molecule has 0 bridgehead atoms. The quantitative estimate of drug-likeness (QED) is 0.259. The van der Waals surface area contributed by atoms with Crippen molar-refractivity contribution >= 4 is 53.7 Å². The van der Waals surface area contributed by atoms with Gasteiger partial charge in [0.1, 0.15) is 0 Å². The average molecular weight is 478 g/mol. The molecule has 27 heavy (non-hydrogen) atoms. The molecule has 130 valence electrons. The van der Waals surface area contributed by atoms with Crippen molar-refractivity contribution in [3.8, 4) is 16.9 Å². The minimum Gasteiger partial charge on any atom is -0.309 e.